The monoisotopic (exact) mass is 376 g/mol. The highest BCUT2D eigenvalue weighted by Gasteiger charge is 2.19. The number of sulfonamides is 1. The van der Waals surface area contributed by atoms with E-state index in [1.807, 2.05) is 31.2 Å². The van der Waals surface area contributed by atoms with Gasteiger partial charge in [-0.25, -0.2) is 8.42 Å². The van der Waals surface area contributed by atoms with Crippen molar-refractivity contribution in [1.82, 2.24) is 5.32 Å². The second-order valence-electron chi connectivity index (χ2n) is 5.99. The fourth-order valence-corrected chi connectivity index (χ4v) is 3.47. The van der Waals surface area contributed by atoms with Crippen molar-refractivity contribution in [3.05, 3.63) is 59.7 Å². The summed E-state index contributed by atoms with van der Waals surface area (Å²) >= 11 is 0. The smallest absolute Gasteiger partial charge is 0.232 e. The topological polar surface area (TPSA) is 75.7 Å². The lowest BCUT2D eigenvalue weighted by molar-refractivity contribution is -0.121. The van der Waals surface area contributed by atoms with Gasteiger partial charge in [0.25, 0.3) is 0 Å². The summed E-state index contributed by atoms with van der Waals surface area (Å²) < 4.78 is 30.6. The maximum atomic E-state index is 12.2. The lowest BCUT2D eigenvalue weighted by atomic mass is 10.1. The minimum Gasteiger partial charge on any atom is -0.497 e. The minimum atomic E-state index is -3.51. The number of carbonyl (C=O) groups excluding carboxylic acids is 1. The van der Waals surface area contributed by atoms with Crippen molar-refractivity contribution in [3.8, 4) is 5.75 Å². The number of benzene rings is 2. The van der Waals surface area contributed by atoms with Crippen molar-refractivity contribution >= 4 is 21.6 Å². The van der Waals surface area contributed by atoms with Crippen molar-refractivity contribution in [1.29, 1.82) is 0 Å². The van der Waals surface area contributed by atoms with E-state index in [9.17, 15) is 13.2 Å². The normalized spacial score (nSPS) is 11.0. The van der Waals surface area contributed by atoms with E-state index < -0.39 is 10.0 Å². The van der Waals surface area contributed by atoms with Gasteiger partial charge in [-0.1, -0.05) is 30.3 Å². The highest BCUT2D eigenvalue weighted by atomic mass is 32.2. The van der Waals surface area contributed by atoms with Crippen LogP contribution in [0.15, 0.2) is 48.5 Å². The van der Waals surface area contributed by atoms with E-state index in [1.54, 1.807) is 24.3 Å². The predicted molar refractivity (Wildman–Crippen MR) is 103 cm³/mol. The van der Waals surface area contributed by atoms with Crippen LogP contribution in [0.1, 0.15) is 17.5 Å². The maximum absolute atomic E-state index is 12.2. The lowest BCUT2D eigenvalue weighted by Crippen LogP contribution is -2.34. The number of ether oxygens (including phenoxy) is 1. The van der Waals surface area contributed by atoms with Gasteiger partial charge in [0.1, 0.15) is 5.75 Å². The first-order valence-electron chi connectivity index (χ1n) is 8.24. The molecule has 140 valence electrons. The van der Waals surface area contributed by atoms with Crippen molar-refractivity contribution in [2.24, 2.45) is 0 Å². The summed E-state index contributed by atoms with van der Waals surface area (Å²) in [5, 5.41) is 2.84. The summed E-state index contributed by atoms with van der Waals surface area (Å²) in [5.41, 5.74) is 2.61. The van der Waals surface area contributed by atoms with Gasteiger partial charge in [0.2, 0.25) is 15.9 Å². The molecular formula is C19H24N2O4S. The first-order valence-corrected chi connectivity index (χ1v) is 10.1. The molecule has 2 aromatic carbocycles. The van der Waals surface area contributed by atoms with E-state index in [2.05, 4.69) is 5.32 Å². The molecule has 1 amide bonds. The number of rotatable bonds is 8. The number of anilines is 1. The Bertz CT molecular complexity index is 865. The van der Waals surface area contributed by atoms with Gasteiger partial charge in [-0.15, -0.1) is 0 Å². The van der Waals surface area contributed by atoms with Crippen LogP contribution in [0.2, 0.25) is 0 Å². The van der Waals surface area contributed by atoms with E-state index in [1.165, 1.54) is 11.4 Å². The molecule has 0 saturated heterocycles. The summed E-state index contributed by atoms with van der Waals surface area (Å²) in [6.07, 6.45) is 1.19. The maximum Gasteiger partial charge on any atom is 0.232 e. The third kappa shape index (κ3) is 5.49. The second kappa shape index (κ2) is 8.71. The minimum absolute atomic E-state index is 0.0611. The molecule has 0 aliphatic rings. The van der Waals surface area contributed by atoms with E-state index in [4.69, 9.17) is 4.74 Å². The van der Waals surface area contributed by atoms with Crippen LogP contribution in [0.25, 0.3) is 0 Å². The quantitative estimate of drug-likeness (QED) is 0.768. The third-order valence-electron chi connectivity index (χ3n) is 4.02. The summed E-state index contributed by atoms with van der Waals surface area (Å²) in [5.74, 6) is 0.352. The summed E-state index contributed by atoms with van der Waals surface area (Å²) in [6.45, 7) is 2.46. The number of carbonyl (C=O) groups is 1. The average molecular weight is 376 g/mol. The Labute approximate surface area is 154 Å². The van der Waals surface area contributed by atoms with Crippen molar-refractivity contribution in [2.45, 2.75) is 19.9 Å². The zero-order chi connectivity index (χ0) is 19.2. The Morgan fingerprint density at radius 3 is 2.54 bits per heavy atom. The predicted octanol–water partition coefficient (Wildman–Crippen LogP) is 2.48. The van der Waals surface area contributed by atoms with Gasteiger partial charge in [0.15, 0.2) is 0 Å². The van der Waals surface area contributed by atoms with E-state index in [0.717, 1.165) is 17.4 Å². The van der Waals surface area contributed by atoms with Crippen LogP contribution in [0, 0.1) is 6.92 Å². The van der Waals surface area contributed by atoms with Crippen LogP contribution in [-0.2, 0) is 21.4 Å². The third-order valence-corrected chi connectivity index (χ3v) is 5.21. The Hall–Kier alpha value is -2.54. The van der Waals surface area contributed by atoms with E-state index in [-0.39, 0.29) is 18.9 Å². The molecule has 0 bridgehead atoms. The number of hydrogen-bond donors (Lipinski definition) is 1. The van der Waals surface area contributed by atoms with Crippen LogP contribution in [0.5, 0.6) is 5.75 Å². The Kier molecular flexibility index (Phi) is 6.63. The molecule has 0 aromatic heterocycles. The van der Waals surface area contributed by atoms with Gasteiger partial charge in [-0.3, -0.25) is 9.10 Å². The van der Waals surface area contributed by atoms with Gasteiger partial charge in [-0.2, -0.15) is 0 Å². The summed E-state index contributed by atoms with van der Waals surface area (Å²) in [7, 11) is -2.00. The van der Waals surface area contributed by atoms with Crippen LogP contribution >= 0.6 is 0 Å². The first kappa shape index (κ1) is 19.8. The molecule has 0 fully saturated rings. The van der Waals surface area contributed by atoms with Crippen molar-refractivity contribution in [3.63, 3.8) is 0 Å². The van der Waals surface area contributed by atoms with Crippen LogP contribution in [-0.4, -0.2) is 34.2 Å². The molecule has 0 radical (unpaired) electrons. The summed E-state index contributed by atoms with van der Waals surface area (Å²) in [6, 6.07) is 14.6. The van der Waals surface area contributed by atoms with Gasteiger partial charge in [0, 0.05) is 25.6 Å². The van der Waals surface area contributed by atoms with Crippen LogP contribution < -0.4 is 14.4 Å². The zero-order valence-corrected chi connectivity index (χ0v) is 16.0. The zero-order valence-electron chi connectivity index (χ0n) is 15.2. The molecule has 0 unspecified atom stereocenters. The van der Waals surface area contributed by atoms with Crippen LogP contribution in [0.3, 0.4) is 0 Å². The molecule has 2 aromatic rings. The summed E-state index contributed by atoms with van der Waals surface area (Å²) in [4.78, 5) is 12.2. The van der Waals surface area contributed by atoms with Gasteiger partial charge in [-0.05, 0) is 30.2 Å². The standard InChI is InChI=1S/C19H24N2O4S/c1-15-7-4-5-8-16(15)14-20-19(22)11-12-21(26(3,23)24)17-9-6-10-18(13-17)25-2/h4-10,13H,11-12,14H2,1-3H3,(H,20,22). The average Bonchev–Trinajstić information content (AvgIpc) is 2.60. The Balaban J connectivity index is 2.01. The Morgan fingerprint density at radius 2 is 1.88 bits per heavy atom. The molecule has 0 aliphatic heterocycles. The van der Waals surface area contributed by atoms with Gasteiger partial charge < -0.3 is 10.1 Å². The molecule has 7 heteroatoms. The molecule has 0 atom stereocenters. The SMILES string of the molecule is COc1cccc(N(CCC(=O)NCc2ccccc2C)S(C)(=O)=O)c1. The number of methoxy groups -OCH3 is 1. The highest BCUT2D eigenvalue weighted by molar-refractivity contribution is 7.92. The molecule has 2 rings (SSSR count). The number of nitrogens with one attached hydrogen (secondary N) is 1. The molecule has 1 N–H and O–H groups in total. The van der Waals surface area contributed by atoms with E-state index >= 15 is 0 Å². The fourth-order valence-electron chi connectivity index (χ4n) is 2.55. The van der Waals surface area contributed by atoms with Crippen molar-refractivity contribution < 1.29 is 17.9 Å². The molecule has 26 heavy (non-hydrogen) atoms. The molecule has 0 aliphatic carbocycles. The highest BCUT2D eigenvalue weighted by Crippen LogP contribution is 2.23. The Morgan fingerprint density at radius 1 is 1.15 bits per heavy atom. The molecular weight excluding hydrogens is 352 g/mol. The molecule has 0 saturated carbocycles. The van der Waals surface area contributed by atoms with Crippen LogP contribution in [0.4, 0.5) is 5.69 Å². The second-order valence-corrected chi connectivity index (χ2v) is 7.90. The van der Waals surface area contributed by atoms with Gasteiger partial charge in [0.05, 0.1) is 19.1 Å². The lowest BCUT2D eigenvalue weighted by Gasteiger charge is -2.22. The van der Waals surface area contributed by atoms with Crippen molar-refractivity contribution in [2.75, 3.05) is 24.2 Å². The first-order chi connectivity index (χ1) is 12.3. The molecule has 0 heterocycles. The number of hydrogen-bond acceptors (Lipinski definition) is 4. The number of amides is 1. The fraction of sp³-hybridized carbons (Fsp3) is 0.316. The number of aryl methyl sites for hydroxylation is 1. The number of nitrogens with zero attached hydrogens (tertiary/aromatic N) is 1. The molecule has 0 spiro atoms. The largest absolute Gasteiger partial charge is 0.497 e. The van der Waals surface area contributed by atoms with Gasteiger partial charge >= 0.3 is 0 Å². The molecule has 6 nitrogen and oxygen atoms in total. The van der Waals surface area contributed by atoms with E-state index in [0.29, 0.717) is 18.0 Å².